The van der Waals surface area contributed by atoms with Gasteiger partial charge in [-0.3, -0.25) is 0 Å². The highest BCUT2D eigenvalue weighted by atomic mass is 28.3. The summed E-state index contributed by atoms with van der Waals surface area (Å²) in [7, 11) is 3.29. The Labute approximate surface area is 286 Å². The number of methoxy groups -OCH3 is 3. The monoisotopic (exact) mass is 686 g/mol. The molecule has 1 fully saturated rings. The molecule has 0 spiro atoms. The Balaban J connectivity index is 1.70. The molecule has 1 aliphatic rings. The zero-order valence-electron chi connectivity index (χ0n) is 29.9. The second-order valence-electron chi connectivity index (χ2n) is 13.6. The molecule has 1 heterocycles. The summed E-state index contributed by atoms with van der Waals surface area (Å²) < 4.78 is 45.5. The standard InChI is InChI=1S/C37H54O10Si/c1-26(23-43-24-27-14-16-29(41-5)17-15-27)13-18-31(38)35-32(46-37(2,3)47-35)12-10-11-28-21-30(42-6)22-33(45-25-40-4)34(28)36(39)44-19-20-48(7,8)9/h10-11,13-18,21-22,26,31-32,35,38H,12,19-20,23-25H2,1-9H3/b11-10+,18-13-/t26-,31?,32-,35-/m1/s1. The van der Waals surface area contributed by atoms with Crippen molar-refractivity contribution in [3.63, 3.8) is 0 Å². The van der Waals surface area contributed by atoms with E-state index in [-0.39, 0.29) is 18.3 Å². The first kappa shape index (κ1) is 39.2. The van der Waals surface area contributed by atoms with Gasteiger partial charge in [-0.25, -0.2) is 4.79 Å². The minimum atomic E-state index is -1.41. The van der Waals surface area contributed by atoms with Gasteiger partial charge in [0.15, 0.2) is 12.6 Å². The van der Waals surface area contributed by atoms with Crippen molar-refractivity contribution in [1.29, 1.82) is 0 Å². The molecule has 3 rings (SSSR count). The number of benzene rings is 2. The fourth-order valence-electron chi connectivity index (χ4n) is 5.05. The van der Waals surface area contributed by atoms with Gasteiger partial charge in [-0.05, 0) is 61.6 Å². The molecule has 0 aromatic heterocycles. The highest BCUT2D eigenvalue weighted by Gasteiger charge is 2.43. The molecule has 1 unspecified atom stereocenters. The molecule has 1 aliphatic heterocycles. The zero-order chi connectivity index (χ0) is 35.3. The maximum absolute atomic E-state index is 13.4. The van der Waals surface area contributed by atoms with Crippen LogP contribution in [0.5, 0.6) is 17.2 Å². The summed E-state index contributed by atoms with van der Waals surface area (Å²) in [6.45, 7) is 13.6. The van der Waals surface area contributed by atoms with E-state index in [4.69, 9.17) is 37.9 Å². The quantitative estimate of drug-likeness (QED) is 0.0727. The van der Waals surface area contributed by atoms with Gasteiger partial charge in [-0.1, -0.05) is 63.0 Å². The van der Waals surface area contributed by atoms with E-state index in [0.717, 1.165) is 17.4 Å². The van der Waals surface area contributed by atoms with Crippen LogP contribution in [0.2, 0.25) is 25.7 Å². The van der Waals surface area contributed by atoms with Crippen LogP contribution < -0.4 is 14.2 Å². The molecule has 0 amide bonds. The van der Waals surface area contributed by atoms with E-state index >= 15 is 0 Å². The molecule has 0 bridgehead atoms. The van der Waals surface area contributed by atoms with Crippen LogP contribution in [0.3, 0.4) is 0 Å². The van der Waals surface area contributed by atoms with Crippen LogP contribution in [-0.4, -0.2) is 84.6 Å². The van der Waals surface area contributed by atoms with E-state index in [0.29, 0.717) is 43.3 Å². The molecule has 1 N–H and O–H groups in total. The Morgan fingerprint density at radius 3 is 2.38 bits per heavy atom. The molecule has 0 aliphatic carbocycles. The SMILES string of the molecule is COCOc1cc(OC)cc(/C=C/C[C@H]2OC(C)(C)O[C@@H]2C(O)/C=C\[C@@H](C)COCc2ccc(OC)cc2)c1C(=O)OCC[Si](C)(C)C. The molecular weight excluding hydrogens is 632 g/mol. The van der Waals surface area contributed by atoms with E-state index in [1.165, 1.54) is 7.11 Å². The van der Waals surface area contributed by atoms with Crippen LogP contribution in [0.25, 0.3) is 6.08 Å². The predicted octanol–water partition coefficient (Wildman–Crippen LogP) is 6.87. The molecule has 0 saturated carbocycles. The molecule has 48 heavy (non-hydrogen) atoms. The summed E-state index contributed by atoms with van der Waals surface area (Å²) in [5, 5.41) is 11.1. The molecule has 1 saturated heterocycles. The van der Waals surface area contributed by atoms with E-state index in [9.17, 15) is 9.90 Å². The van der Waals surface area contributed by atoms with Gasteiger partial charge in [0.25, 0.3) is 0 Å². The van der Waals surface area contributed by atoms with Gasteiger partial charge in [0, 0.05) is 21.3 Å². The first-order valence-corrected chi connectivity index (χ1v) is 20.1. The van der Waals surface area contributed by atoms with Crippen molar-refractivity contribution in [2.24, 2.45) is 5.92 Å². The van der Waals surface area contributed by atoms with Crippen LogP contribution in [0.4, 0.5) is 0 Å². The second-order valence-corrected chi connectivity index (χ2v) is 19.2. The maximum atomic E-state index is 13.4. The van der Waals surface area contributed by atoms with Crippen LogP contribution in [0, 0.1) is 5.92 Å². The van der Waals surface area contributed by atoms with Crippen LogP contribution in [0.15, 0.2) is 54.6 Å². The molecule has 266 valence electrons. The zero-order valence-corrected chi connectivity index (χ0v) is 30.9. The lowest BCUT2D eigenvalue weighted by Gasteiger charge is -2.20. The van der Waals surface area contributed by atoms with Crippen LogP contribution >= 0.6 is 0 Å². The number of rotatable bonds is 19. The van der Waals surface area contributed by atoms with Crippen LogP contribution in [0.1, 0.15) is 48.7 Å². The Hall–Kier alpha value is -3.19. The smallest absolute Gasteiger partial charge is 0.342 e. The lowest BCUT2D eigenvalue weighted by Crippen LogP contribution is -2.34. The van der Waals surface area contributed by atoms with Crippen molar-refractivity contribution in [1.82, 2.24) is 0 Å². The first-order valence-electron chi connectivity index (χ1n) is 16.4. The summed E-state index contributed by atoms with van der Waals surface area (Å²) in [5.74, 6) is 0.325. The molecule has 10 nitrogen and oxygen atoms in total. The normalized spacial score (nSPS) is 19.0. The third-order valence-corrected chi connectivity index (χ3v) is 9.34. The number of esters is 1. The van der Waals surface area contributed by atoms with Gasteiger partial charge in [0.05, 0.1) is 40.1 Å². The Bertz CT molecular complexity index is 1350. The van der Waals surface area contributed by atoms with Crippen molar-refractivity contribution < 1.29 is 47.8 Å². The average molecular weight is 687 g/mol. The largest absolute Gasteiger partial charge is 0.497 e. The van der Waals surface area contributed by atoms with Crippen LogP contribution in [-0.2, 0) is 30.3 Å². The van der Waals surface area contributed by atoms with Gasteiger partial charge in [-0.2, -0.15) is 0 Å². The van der Waals surface area contributed by atoms with E-state index in [1.807, 2.05) is 63.3 Å². The Morgan fingerprint density at radius 1 is 1.02 bits per heavy atom. The fraction of sp³-hybridized carbons (Fsp3) is 0.541. The summed E-state index contributed by atoms with van der Waals surface area (Å²) in [6, 6.07) is 12.0. The van der Waals surface area contributed by atoms with Crippen molar-refractivity contribution >= 4 is 20.1 Å². The van der Waals surface area contributed by atoms with Gasteiger partial charge in [0.1, 0.15) is 35.0 Å². The molecular formula is C37H54O10Si. The Morgan fingerprint density at radius 2 is 1.73 bits per heavy atom. The Kier molecular flexibility index (Phi) is 15.2. The third-order valence-electron chi connectivity index (χ3n) is 7.63. The minimum absolute atomic E-state index is 0.0473. The molecule has 0 radical (unpaired) electrons. The van der Waals surface area contributed by atoms with Crippen molar-refractivity contribution in [3.8, 4) is 17.2 Å². The number of carbonyl (C=O) groups excluding carboxylic acids is 1. The lowest BCUT2D eigenvalue weighted by atomic mass is 10.0. The number of hydrogen-bond donors (Lipinski definition) is 1. The molecule has 2 aromatic carbocycles. The highest BCUT2D eigenvalue weighted by Crippen LogP contribution is 2.34. The average Bonchev–Trinajstić information content (AvgIpc) is 3.35. The number of ether oxygens (including phenoxy) is 8. The van der Waals surface area contributed by atoms with E-state index in [1.54, 1.807) is 32.4 Å². The summed E-state index contributed by atoms with van der Waals surface area (Å²) >= 11 is 0. The fourth-order valence-corrected chi connectivity index (χ4v) is 5.77. The molecule has 4 atom stereocenters. The highest BCUT2D eigenvalue weighted by molar-refractivity contribution is 6.76. The van der Waals surface area contributed by atoms with E-state index in [2.05, 4.69) is 19.6 Å². The number of aliphatic hydroxyl groups is 1. The summed E-state index contributed by atoms with van der Waals surface area (Å²) in [5.41, 5.74) is 1.91. The van der Waals surface area contributed by atoms with Crippen molar-refractivity contribution in [2.45, 2.75) is 83.6 Å². The van der Waals surface area contributed by atoms with Gasteiger partial charge < -0.3 is 43.0 Å². The molecule has 2 aromatic rings. The molecule has 11 heteroatoms. The topological polar surface area (TPSA) is 111 Å². The van der Waals surface area contributed by atoms with Gasteiger partial charge in [-0.15, -0.1) is 0 Å². The number of hydrogen-bond acceptors (Lipinski definition) is 10. The van der Waals surface area contributed by atoms with Gasteiger partial charge >= 0.3 is 5.97 Å². The van der Waals surface area contributed by atoms with Crippen molar-refractivity contribution in [3.05, 3.63) is 71.3 Å². The maximum Gasteiger partial charge on any atom is 0.342 e. The number of carbonyl (C=O) groups is 1. The lowest BCUT2D eigenvalue weighted by molar-refractivity contribution is -0.152. The summed E-state index contributed by atoms with van der Waals surface area (Å²) in [4.78, 5) is 13.4. The number of aliphatic hydroxyl groups excluding tert-OH is 1. The minimum Gasteiger partial charge on any atom is -0.497 e. The first-order chi connectivity index (χ1) is 22.7. The van der Waals surface area contributed by atoms with Crippen molar-refractivity contribution in [2.75, 3.05) is 41.3 Å². The third kappa shape index (κ3) is 12.7. The van der Waals surface area contributed by atoms with Gasteiger partial charge in [0.2, 0.25) is 0 Å². The summed E-state index contributed by atoms with van der Waals surface area (Å²) in [6.07, 6.45) is 5.83. The predicted molar refractivity (Wildman–Crippen MR) is 188 cm³/mol. The second kappa shape index (κ2) is 18.5. The van der Waals surface area contributed by atoms with E-state index < -0.39 is 38.1 Å².